The Hall–Kier alpha value is -2.54. The molecule has 1 amide bonds. The van der Waals surface area contributed by atoms with Crippen LogP contribution in [0.4, 0.5) is 10.2 Å². The minimum absolute atomic E-state index is 0.206. The molecule has 1 heterocycles. The van der Waals surface area contributed by atoms with Crippen molar-refractivity contribution in [3.05, 3.63) is 53.7 Å². The summed E-state index contributed by atoms with van der Waals surface area (Å²) < 4.78 is 12.9. The summed E-state index contributed by atoms with van der Waals surface area (Å²) in [5, 5.41) is 6.00. The number of anilines is 1. The molecule has 2 N–H and O–H groups in total. The largest absolute Gasteiger partial charge is 0.370 e. The van der Waals surface area contributed by atoms with Crippen molar-refractivity contribution in [1.29, 1.82) is 0 Å². The Balaban J connectivity index is 1.79. The van der Waals surface area contributed by atoms with Crippen molar-refractivity contribution in [3.8, 4) is 0 Å². The summed E-state index contributed by atoms with van der Waals surface area (Å²) in [7, 11) is 3.99. The number of nitrogens with one attached hydrogen (secondary N) is 2. The van der Waals surface area contributed by atoms with Gasteiger partial charge in [-0.3, -0.25) is 4.79 Å². The SMILES string of the molecule is CN(C)CCCNC(=O)c1cc(NCCc2ccc(F)cc2)ncn1. The molecule has 0 saturated carbocycles. The summed E-state index contributed by atoms with van der Waals surface area (Å²) >= 11 is 0. The Kier molecular flexibility index (Phi) is 7.28. The predicted octanol–water partition coefficient (Wildman–Crippen LogP) is 1.95. The highest BCUT2D eigenvalue weighted by Gasteiger charge is 2.08. The number of nitrogens with zero attached hydrogens (tertiary/aromatic N) is 3. The number of rotatable bonds is 9. The van der Waals surface area contributed by atoms with E-state index in [9.17, 15) is 9.18 Å². The molecule has 1 aromatic carbocycles. The van der Waals surface area contributed by atoms with E-state index in [2.05, 4.69) is 25.5 Å². The minimum Gasteiger partial charge on any atom is -0.370 e. The maximum absolute atomic E-state index is 12.9. The fraction of sp³-hybridized carbons (Fsp3) is 0.389. The van der Waals surface area contributed by atoms with Gasteiger partial charge in [-0.15, -0.1) is 0 Å². The van der Waals surface area contributed by atoms with Crippen LogP contribution in [0, 0.1) is 5.82 Å². The summed E-state index contributed by atoms with van der Waals surface area (Å²) in [6, 6.07) is 8.02. The average Bonchev–Trinajstić information content (AvgIpc) is 2.60. The monoisotopic (exact) mass is 345 g/mol. The molecule has 0 radical (unpaired) electrons. The average molecular weight is 345 g/mol. The van der Waals surface area contributed by atoms with Crippen LogP contribution in [0.3, 0.4) is 0 Å². The zero-order valence-electron chi connectivity index (χ0n) is 14.6. The van der Waals surface area contributed by atoms with Gasteiger partial charge in [0.05, 0.1) is 0 Å². The Morgan fingerprint density at radius 1 is 1.16 bits per heavy atom. The molecule has 0 fully saturated rings. The molecular formula is C18H24FN5O. The van der Waals surface area contributed by atoms with Crippen molar-refractivity contribution in [2.75, 3.05) is 39.0 Å². The number of carbonyl (C=O) groups is 1. The molecule has 134 valence electrons. The molecule has 0 spiro atoms. The Morgan fingerprint density at radius 3 is 2.64 bits per heavy atom. The number of amides is 1. The zero-order valence-corrected chi connectivity index (χ0v) is 14.6. The summed E-state index contributed by atoms with van der Waals surface area (Å²) in [6.07, 6.45) is 2.98. The van der Waals surface area contributed by atoms with Gasteiger partial charge in [0.15, 0.2) is 0 Å². The van der Waals surface area contributed by atoms with Gasteiger partial charge >= 0.3 is 0 Å². The second-order valence-corrected chi connectivity index (χ2v) is 6.00. The van der Waals surface area contributed by atoms with E-state index in [0.717, 1.165) is 24.9 Å². The number of benzene rings is 1. The van der Waals surface area contributed by atoms with E-state index < -0.39 is 0 Å². The molecule has 0 aliphatic heterocycles. The molecule has 25 heavy (non-hydrogen) atoms. The van der Waals surface area contributed by atoms with Crippen molar-refractivity contribution in [3.63, 3.8) is 0 Å². The number of hydrogen-bond donors (Lipinski definition) is 2. The van der Waals surface area contributed by atoms with Crippen molar-refractivity contribution in [1.82, 2.24) is 20.2 Å². The predicted molar refractivity (Wildman–Crippen MR) is 96.1 cm³/mol. The van der Waals surface area contributed by atoms with Gasteiger partial charge in [0.1, 0.15) is 23.7 Å². The van der Waals surface area contributed by atoms with Crippen LogP contribution in [-0.4, -0.2) is 54.5 Å². The lowest BCUT2D eigenvalue weighted by Gasteiger charge is -2.10. The summed E-state index contributed by atoms with van der Waals surface area (Å²) in [6.45, 7) is 2.15. The van der Waals surface area contributed by atoms with Crippen LogP contribution in [0.15, 0.2) is 36.7 Å². The lowest BCUT2D eigenvalue weighted by molar-refractivity contribution is 0.0947. The molecule has 0 aliphatic carbocycles. The van der Waals surface area contributed by atoms with Gasteiger partial charge in [0, 0.05) is 19.2 Å². The molecule has 2 rings (SSSR count). The molecular weight excluding hydrogens is 321 g/mol. The third-order valence-corrected chi connectivity index (χ3v) is 3.60. The van der Waals surface area contributed by atoms with E-state index in [1.165, 1.54) is 18.5 Å². The van der Waals surface area contributed by atoms with E-state index in [1.54, 1.807) is 18.2 Å². The number of carbonyl (C=O) groups excluding carboxylic acids is 1. The molecule has 0 bridgehead atoms. The highest BCUT2D eigenvalue weighted by atomic mass is 19.1. The molecule has 0 saturated heterocycles. The third kappa shape index (κ3) is 6.84. The smallest absolute Gasteiger partial charge is 0.270 e. The van der Waals surface area contributed by atoms with Crippen LogP contribution < -0.4 is 10.6 Å². The number of aromatic nitrogens is 2. The minimum atomic E-state index is -0.242. The molecule has 0 unspecified atom stereocenters. The quantitative estimate of drug-likeness (QED) is 0.680. The van der Waals surface area contributed by atoms with Crippen LogP contribution >= 0.6 is 0 Å². The van der Waals surface area contributed by atoms with Crippen LogP contribution in [0.5, 0.6) is 0 Å². The normalized spacial score (nSPS) is 10.7. The van der Waals surface area contributed by atoms with E-state index in [4.69, 9.17) is 0 Å². The third-order valence-electron chi connectivity index (χ3n) is 3.60. The van der Waals surface area contributed by atoms with E-state index in [1.807, 2.05) is 14.1 Å². The first kappa shape index (κ1) is 18.8. The Bertz CT molecular complexity index is 675. The second-order valence-electron chi connectivity index (χ2n) is 6.00. The van der Waals surface area contributed by atoms with Crippen molar-refractivity contribution < 1.29 is 9.18 Å². The highest BCUT2D eigenvalue weighted by molar-refractivity contribution is 5.92. The first-order valence-corrected chi connectivity index (χ1v) is 8.28. The fourth-order valence-electron chi connectivity index (χ4n) is 2.25. The van der Waals surface area contributed by atoms with Gasteiger partial charge in [-0.05, 0) is 51.2 Å². The van der Waals surface area contributed by atoms with Gasteiger partial charge in [-0.2, -0.15) is 0 Å². The maximum Gasteiger partial charge on any atom is 0.270 e. The second kappa shape index (κ2) is 9.68. The van der Waals surface area contributed by atoms with Gasteiger partial charge in [-0.1, -0.05) is 12.1 Å². The van der Waals surface area contributed by atoms with Gasteiger partial charge < -0.3 is 15.5 Å². The van der Waals surface area contributed by atoms with Crippen LogP contribution in [0.1, 0.15) is 22.5 Å². The van der Waals surface area contributed by atoms with Crippen molar-refractivity contribution >= 4 is 11.7 Å². The van der Waals surface area contributed by atoms with E-state index in [0.29, 0.717) is 24.6 Å². The maximum atomic E-state index is 12.9. The van der Waals surface area contributed by atoms with Crippen molar-refractivity contribution in [2.45, 2.75) is 12.8 Å². The molecule has 6 nitrogen and oxygen atoms in total. The van der Waals surface area contributed by atoms with Crippen LogP contribution in [0.2, 0.25) is 0 Å². The summed E-state index contributed by atoms with van der Waals surface area (Å²) in [5.74, 6) is 0.145. The topological polar surface area (TPSA) is 70.2 Å². The molecule has 1 aromatic heterocycles. The number of halogens is 1. The van der Waals surface area contributed by atoms with Crippen LogP contribution in [-0.2, 0) is 6.42 Å². The van der Waals surface area contributed by atoms with Gasteiger partial charge in [0.25, 0.3) is 5.91 Å². The summed E-state index contributed by atoms with van der Waals surface area (Å²) in [5.41, 5.74) is 1.37. The zero-order chi connectivity index (χ0) is 18.1. The van der Waals surface area contributed by atoms with E-state index >= 15 is 0 Å². The Morgan fingerprint density at radius 2 is 1.92 bits per heavy atom. The lowest BCUT2D eigenvalue weighted by Crippen LogP contribution is -2.28. The highest BCUT2D eigenvalue weighted by Crippen LogP contribution is 2.06. The molecule has 0 aliphatic rings. The first-order chi connectivity index (χ1) is 12.0. The summed E-state index contributed by atoms with van der Waals surface area (Å²) in [4.78, 5) is 22.3. The molecule has 0 atom stereocenters. The van der Waals surface area contributed by atoms with Crippen LogP contribution in [0.25, 0.3) is 0 Å². The van der Waals surface area contributed by atoms with Gasteiger partial charge in [0.2, 0.25) is 0 Å². The first-order valence-electron chi connectivity index (χ1n) is 8.28. The standard InChI is InChI=1S/C18H24FN5O/c1-24(2)11-3-9-21-18(25)16-12-17(23-13-22-16)20-10-8-14-4-6-15(19)7-5-14/h4-7,12-13H,3,8-11H2,1-2H3,(H,21,25)(H,20,22,23). The molecule has 7 heteroatoms. The fourth-order valence-corrected chi connectivity index (χ4v) is 2.25. The Labute approximate surface area is 147 Å². The molecule has 2 aromatic rings. The lowest BCUT2D eigenvalue weighted by atomic mass is 10.1. The van der Waals surface area contributed by atoms with Crippen molar-refractivity contribution in [2.24, 2.45) is 0 Å². The number of hydrogen-bond acceptors (Lipinski definition) is 5. The van der Waals surface area contributed by atoms with E-state index in [-0.39, 0.29) is 11.7 Å². The van der Waals surface area contributed by atoms with Gasteiger partial charge in [-0.25, -0.2) is 14.4 Å².